The number of nitrogens with zero attached hydrogens (tertiary/aromatic N) is 1. The molecule has 0 saturated heterocycles. The van der Waals surface area contributed by atoms with Crippen molar-refractivity contribution in [2.45, 2.75) is 19.4 Å². The smallest absolute Gasteiger partial charge is 0.255 e. The number of nitriles is 1. The van der Waals surface area contributed by atoms with Gasteiger partial charge in [-0.3, -0.25) is 14.4 Å². The molecule has 4 N–H and O–H groups in total. The zero-order chi connectivity index (χ0) is 20.7. The maximum atomic E-state index is 12.4. The number of amides is 3. The number of carbonyl (C=O) groups is 3. The Bertz CT molecular complexity index is 932. The van der Waals surface area contributed by atoms with Gasteiger partial charge in [-0.25, -0.2) is 0 Å². The fraction of sp³-hybridized carbons (Fsp3) is 0.200. The van der Waals surface area contributed by atoms with Gasteiger partial charge in [0.2, 0.25) is 5.91 Å². The van der Waals surface area contributed by atoms with Gasteiger partial charge in [-0.15, -0.1) is 0 Å². The zero-order valence-corrected chi connectivity index (χ0v) is 15.5. The summed E-state index contributed by atoms with van der Waals surface area (Å²) in [7, 11) is 1.42. The lowest BCUT2D eigenvalue weighted by Gasteiger charge is -2.12. The summed E-state index contributed by atoms with van der Waals surface area (Å²) in [6.07, 6.45) is 0.0495. The van der Waals surface area contributed by atoms with Crippen LogP contribution >= 0.6 is 0 Å². The molecule has 0 aliphatic heterocycles. The second kappa shape index (κ2) is 9.19. The maximum absolute atomic E-state index is 12.4. The number of rotatable bonds is 7. The second-order valence-electron chi connectivity index (χ2n) is 6.10. The van der Waals surface area contributed by atoms with Gasteiger partial charge in [-0.1, -0.05) is 0 Å². The molecule has 8 heteroatoms. The Balaban J connectivity index is 2.04. The maximum Gasteiger partial charge on any atom is 0.255 e. The van der Waals surface area contributed by atoms with Gasteiger partial charge in [0, 0.05) is 29.3 Å². The first-order valence-corrected chi connectivity index (χ1v) is 8.42. The normalized spacial score (nSPS) is 11.0. The Morgan fingerprint density at radius 2 is 1.75 bits per heavy atom. The summed E-state index contributed by atoms with van der Waals surface area (Å²) in [5.74, 6) is -0.906. The van der Waals surface area contributed by atoms with E-state index in [4.69, 9.17) is 15.7 Å². The van der Waals surface area contributed by atoms with Gasteiger partial charge in [-0.2, -0.15) is 5.26 Å². The largest absolute Gasteiger partial charge is 0.495 e. The Labute approximate surface area is 162 Å². The molecular formula is C20H20N4O4. The minimum absolute atomic E-state index is 0.0495. The molecule has 1 atom stereocenters. The summed E-state index contributed by atoms with van der Waals surface area (Å²) in [6.45, 7) is 1.68. The number of carbonyl (C=O) groups excluding carboxylic acids is 3. The number of nitrogens with one attached hydrogen (secondary N) is 2. The van der Waals surface area contributed by atoms with E-state index in [1.165, 1.54) is 25.3 Å². The van der Waals surface area contributed by atoms with E-state index in [1.807, 2.05) is 6.07 Å². The van der Waals surface area contributed by atoms with E-state index in [-0.39, 0.29) is 24.3 Å². The first-order chi connectivity index (χ1) is 13.3. The quantitative estimate of drug-likeness (QED) is 0.673. The van der Waals surface area contributed by atoms with Gasteiger partial charge >= 0.3 is 0 Å². The summed E-state index contributed by atoms with van der Waals surface area (Å²) in [5.41, 5.74) is 6.65. The van der Waals surface area contributed by atoms with Crippen molar-refractivity contribution in [1.82, 2.24) is 5.32 Å². The number of ether oxygens (including phenoxy) is 1. The molecule has 8 nitrogen and oxygen atoms in total. The van der Waals surface area contributed by atoms with E-state index in [9.17, 15) is 14.4 Å². The number of nitrogens with two attached hydrogens (primary N) is 1. The molecule has 144 valence electrons. The number of primary amides is 1. The molecule has 0 radical (unpaired) electrons. The second-order valence-corrected chi connectivity index (χ2v) is 6.10. The van der Waals surface area contributed by atoms with Crippen molar-refractivity contribution in [3.63, 3.8) is 0 Å². The Morgan fingerprint density at radius 3 is 2.32 bits per heavy atom. The highest BCUT2D eigenvalue weighted by molar-refractivity contribution is 6.05. The molecular weight excluding hydrogens is 360 g/mol. The molecule has 0 bridgehead atoms. The lowest BCUT2D eigenvalue weighted by Crippen LogP contribution is -2.35. The molecule has 2 rings (SSSR count). The molecule has 0 spiro atoms. The highest BCUT2D eigenvalue weighted by Crippen LogP contribution is 2.20. The summed E-state index contributed by atoms with van der Waals surface area (Å²) in [5, 5.41) is 14.4. The average Bonchev–Trinajstić information content (AvgIpc) is 2.67. The van der Waals surface area contributed by atoms with Gasteiger partial charge in [0.05, 0.1) is 12.7 Å². The van der Waals surface area contributed by atoms with Crippen molar-refractivity contribution in [2.75, 3.05) is 12.4 Å². The molecule has 2 aromatic carbocycles. The van der Waals surface area contributed by atoms with Crippen LogP contribution in [0.5, 0.6) is 5.75 Å². The fourth-order valence-corrected chi connectivity index (χ4v) is 2.49. The van der Waals surface area contributed by atoms with Crippen LogP contribution in [-0.2, 0) is 4.79 Å². The fourth-order valence-electron chi connectivity index (χ4n) is 2.49. The van der Waals surface area contributed by atoms with Crippen molar-refractivity contribution in [3.05, 3.63) is 59.2 Å². The standard InChI is InChI=1S/C20H20N4O4/c1-12(9-18(22)25)23-19(26)13-5-7-16(8-6-13)24-20(27)14-3-4-15(11-21)17(10-14)28-2/h3-8,10,12H,9H2,1-2H3,(H2,22,25)(H,23,26)(H,24,27). The zero-order valence-electron chi connectivity index (χ0n) is 15.5. The van der Waals surface area contributed by atoms with Crippen molar-refractivity contribution in [3.8, 4) is 11.8 Å². The summed E-state index contributed by atoms with van der Waals surface area (Å²) >= 11 is 0. The average molecular weight is 380 g/mol. The van der Waals surface area contributed by atoms with Crippen LogP contribution in [-0.4, -0.2) is 30.9 Å². The van der Waals surface area contributed by atoms with Crippen LogP contribution in [0.3, 0.4) is 0 Å². The van der Waals surface area contributed by atoms with Gasteiger partial charge in [0.15, 0.2) is 0 Å². The predicted molar refractivity (Wildman–Crippen MR) is 103 cm³/mol. The first kappa shape index (κ1) is 20.5. The summed E-state index contributed by atoms with van der Waals surface area (Å²) in [4.78, 5) is 35.4. The molecule has 2 aromatic rings. The van der Waals surface area contributed by atoms with Crippen LogP contribution in [0.25, 0.3) is 0 Å². The molecule has 0 heterocycles. The molecule has 0 aromatic heterocycles. The number of benzene rings is 2. The number of hydrogen-bond acceptors (Lipinski definition) is 5. The van der Waals surface area contributed by atoms with Crippen LogP contribution < -0.4 is 21.1 Å². The van der Waals surface area contributed by atoms with Gasteiger partial charge in [-0.05, 0) is 49.4 Å². The summed E-state index contributed by atoms with van der Waals surface area (Å²) < 4.78 is 5.10. The Hall–Kier alpha value is -3.86. The van der Waals surface area contributed by atoms with E-state index < -0.39 is 5.91 Å². The number of anilines is 1. The third-order valence-electron chi connectivity index (χ3n) is 3.87. The number of methoxy groups -OCH3 is 1. The Morgan fingerprint density at radius 1 is 1.11 bits per heavy atom. The highest BCUT2D eigenvalue weighted by Gasteiger charge is 2.13. The Kier molecular flexibility index (Phi) is 6.71. The van der Waals surface area contributed by atoms with E-state index in [2.05, 4.69) is 10.6 Å². The minimum atomic E-state index is -0.495. The van der Waals surface area contributed by atoms with Crippen molar-refractivity contribution in [2.24, 2.45) is 5.73 Å². The van der Waals surface area contributed by atoms with Crippen LogP contribution in [0.4, 0.5) is 5.69 Å². The third-order valence-corrected chi connectivity index (χ3v) is 3.87. The van der Waals surface area contributed by atoms with E-state index in [0.29, 0.717) is 28.1 Å². The molecule has 1 unspecified atom stereocenters. The third kappa shape index (κ3) is 5.32. The minimum Gasteiger partial charge on any atom is -0.495 e. The van der Waals surface area contributed by atoms with E-state index in [1.54, 1.807) is 31.2 Å². The molecule has 3 amide bonds. The molecule has 28 heavy (non-hydrogen) atoms. The highest BCUT2D eigenvalue weighted by atomic mass is 16.5. The van der Waals surface area contributed by atoms with E-state index in [0.717, 1.165) is 0 Å². The van der Waals surface area contributed by atoms with Crippen LogP contribution in [0.1, 0.15) is 39.6 Å². The van der Waals surface area contributed by atoms with Gasteiger partial charge < -0.3 is 21.1 Å². The van der Waals surface area contributed by atoms with Crippen molar-refractivity contribution < 1.29 is 19.1 Å². The summed E-state index contributed by atoms with van der Waals surface area (Å²) in [6, 6.07) is 12.4. The lowest BCUT2D eigenvalue weighted by atomic mass is 10.1. The van der Waals surface area contributed by atoms with Crippen LogP contribution in [0.2, 0.25) is 0 Å². The number of hydrogen-bond donors (Lipinski definition) is 3. The predicted octanol–water partition coefficient (Wildman–Crippen LogP) is 1.81. The SMILES string of the molecule is COc1cc(C(=O)Nc2ccc(C(=O)NC(C)CC(N)=O)cc2)ccc1C#N. The molecule has 0 aliphatic rings. The van der Waals surface area contributed by atoms with Gasteiger partial charge in [0.1, 0.15) is 11.8 Å². The monoisotopic (exact) mass is 380 g/mol. The van der Waals surface area contributed by atoms with Crippen molar-refractivity contribution >= 4 is 23.4 Å². The van der Waals surface area contributed by atoms with Gasteiger partial charge in [0.25, 0.3) is 11.8 Å². The topological polar surface area (TPSA) is 134 Å². The lowest BCUT2D eigenvalue weighted by molar-refractivity contribution is -0.118. The van der Waals surface area contributed by atoms with Crippen LogP contribution in [0.15, 0.2) is 42.5 Å². The molecule has 0 fully saturated rings. The molecule has 0 saturated carbocycles. The van der Waals surface area contributed by atoms with E-state index >= 15 is 0 Å². The van der Waals surface area contributed by atoms with Crippen LogP contribution in [0, 0.1) is 11.3 Å². The van der Waals surface area contributed by atoms with Crippen molar-refractivity contribution in [1.29, 1.82) is 5.26 Å². The first-order valence-electron chi connectivity index (χ1n) is 8.42. The molecule has 0 aliphatic carbocycles.